The minimum atomic E-state index is -4.25. The molecule has 0 saturated heterocycles. The van der Waals surface area contributed by atoms with Crippen LogP contribution in [0, 0.1) is 28.1 Å². The number of benzene rings is 1. The molecule has 30 heavy (non-hydrogen) atoms. The van der Waals surface area contributed by atoms with Crippen LogP contribution in [0.1, 0.15) is 102 Å². The smallest absolute Gasteiger partial charge is 0.166 e. The second-order valence-electron chi connectivity index (χ2n) is 11.3. The van der Waals surface area contributed by atoms with Gasteiger partial charge in [-0.3, -0.25) is 0 Å². The first-order valence-corrected chi connectivity index (χ1v) is 12.5. The summed E-state index contributed by atoms with van der Waals surface area (Å²) in [5.74, 6) is 1.63. The number of hydrogen-bond acceptors (Lipinski definition) is 0. The molecule has 1 atom stereocenters. The van der Waals surface area contributed by atoms with Crippen LogP contribution < -0.4 is 0 Å². The van der Waals surface area contributed by atoms with Crippen molar-refractivity contribution in [3.63, 3.8) is 0 Å². The summed E-state index contributed by atoms with van der Waals surface area (Å²) in [4.78, 5) is 0. The lowest BCUT2D eigenvalue weighted by atomic mass is 9.55. The average molecular weight is 419 g/mol. The molecule has 166 valence electrons. The van der Waals surface area contributed by atoms with Gasteiger partial charge in [-0.05, 0) is 97.5 Å². The molecule has 0 nitrogen and oxygen atoms in total. The minimum absolute atomic E-state index is 0.212. The fraction of sp³-hybridized carbons (Fsp3) is 0.778. The lowest BCUT2D eigenvalue weighted by molar-refractivity contribution is -0.137. The first kappa shape index (κ1) is 20.9. The van der Waals surface area contributed by atoms with Gasteiger partial charge in [0.05, 0.1) is 5.56 Å². The summed E-state index contributed by atoms with van der Waals surface area (Å²) >= 11 is 0. The predicted molar refractivity (Wildman–Crippen MR) is 115 cm³/mol. The van der Waals surface area contributed by atoms with Gasteiger partial charge in [0.15, 0.2) is 0 Å². The molecule has 1 unspecified atom stereocenters. The third kappa shape index (κ3) is 3.00. The van der Waals surface area contributed by atoms with Crippen LogP contribution in [0.4, 0.5) is 13.2 Å². The lowest BCUT2D eigenvalue weighted by Gasteiger charge is -2.49. The summed E-state index contributed by atoms with van der Waals surface area (Å²) in [5.41, 5.74) is 1.53. The molecule has 0 N–H and O–H groups in total. The number of hydrogen-bond donors (Lipinski definition) is 0. The number of halogens is 3. The Hall–Kier alpha value is -0.990. The van der Waals surface area contributed by atoms with Gasteiger partial charge < -0.3 is 0 Å². The summed E-state index contributed by atoms with van der Waals surface area (Å²) in [5, 5.41) is 0. The Bertz CT molecular complexity index is 757. The van der Waals surface area contributed by atoms with Crippen LogP contribution in [0.15, 0.2) is 24.3 Å². The second kappa shape index (κ2) is 7.27. The predicted octanol–water partition coefficient (Wildman–Crippen LogP) is 8.59. The van der Waals surface area contributed by atoms with Crippen molar-refractivity contribution in [3.8, 4) is 0 Å². The molecule has 4 aliphatic carbocycles. The van der Waals surface area contributed by atoms with Gasteiger partial charge in [0.1, 0.15) is 0 Å². The zero-order valence-corrected chi connectivity index (χ0v) is 18.5. The van der Waals surface area contributed by atoms with Crippen molar-refractivity contribution >= 4 is 0 Å². The molecular weight excluding hydrogens is 381 g/mol. The van der Waals surface area contributed by atoms with Crippen LogP contribution in [-0.4, -0.2) is 0 Å². The van der Waals surface area contributed by atoms with E-state index in [-0.39, 0.29) is 5.41 Å². The second-order valence-corrected chi connectivity index (χ2v) is 11.3. The van der Waals surface area contributed by atoms with Gasteiger partial charge in [-0.1, -0.05) is 57.2 Å². The summed E-state index contributed by atoms with van der Waals surface area (Å²) in [7, 11) is 0. The van der Waals surface area contributed by atoms with E-state index in [1.54, 1.807) is 6.07 Å². The molecule has 5 rings (SSSR count). The van der Waals surface area contributed by atoms with Crippen LogP contribution >= 0.6 is 0 Å². The molecule has 1 aromatic rings. The molecule has 0 aliphatic heterocycles. The highest BCUT2D eigenvalue weighted by atomic mass is 19.4. The van der Waals surface area contributed by atoms with Crippen molar-refractivity contribution in [1.29, 1.82) is 0 Å². The molecule has 2 bridgehead atoms. The van der Waals surface area contributed by atoms with Crippen molar-refractivity contribution in [2.45, 2.75) is 103 Å². The highest BCUT2D eigenvalue weighted by Gasteiger charge is 2.68. The molecule has 4 fully saturated rings. The zero-order valence-electron chi connectivity index (χ0n) is 18.5. The number of fused-ring (bicyclic) bond motifs is 2. The summed E-state index contributed by atoms with van der Waals surface area (Å²) in [6, 6.07) is 6.25. The van der Waals surface area contributed by atoms with Crippen LogP contribution in [0.2, 0.25) is 0 Å². The molecule has 1 aromatic carbocycles. The van der Waals surface area contributed by atoms with Gasteiger partial charge in [0, 0.05) is 0 Å². The first-order chi connectivity index (χ1) is 14.3. The first-order valence-electron chi connectivity index (χ1n) is 12.5. The fourth-order valence-electron chi connectivity index (χ4n) is 9.16. The topological polar surface area (TPSA) is 0 Å². The van der Waals surface area contributed by atoms with E-state index in [9.17, 15) is 13.2 Å². The van der Waals surface area contributed by atoms with E-state index in [0.717, 1.165) is 23.8 Å². The van der Waals surface area contributed by atoms with Gasteiger partial charge in [0.2, 0.25) is 0 Å². The van der Waals surface area contributed by atoms with Gasteiger partial charge in [-0.15, -0.1) is 0 Å². The van der Waals surface area contributed by atoms with E-state index >= 15 is 0 Å². The summed E-state index contributed by atoms with van der Waals surface area (Å²) in [6.45, 7) is 2.56. The highest BCUT2D eigenvalue weighted by Crippen LogP contribution is 2.77. The average Bonchev–Trinajstić information content (AvgIpc) is 3.42. The van der Waals surface area contributed by atoms with Gasteiger partial charge in [0.25, 0.3) is 0 Å². The highest BCUT2D eigenvalue weighted by molar-refractivity contribution is 5.29. The SMILES string of the molecule is CC1C2(C3CCCCC3)CCC1(C1(Cc3cccc(C(F)(F)F)c3)CCCC1)CC2. The summed E-state index contributed by atoms with van der Waals surface area (Å²) in [6.07, 6.45) is 14.0. The molecule has 0 aromatic heterocycles. The van der Waals surface area contributed by atoms with E-state index in [2.05, 4.69) is 6.92 Å². The third-order valence-corrected chi connectivity index (χ3v) is 10.6. The van der Waals surface area contributed by atoms with Crippen LogP contribution in [0.25, 0.3) is 0 Å². The normalized spacial score (nSPS) is 36.5. The number of rotatable bonds is 4. The van der Waals surface area contributed by atoms with Crippen molar-refractivity contribution in [1.82, 2.24) is 0 Å². The minimum Gasteiger partial charge on any atom is -0.166 e. The Balaban J connectivity index is 1.47. The maximum atomic E-state index is 13.3. The van der Waals surface area contributed by atoms with E-state index in [1.807, 2.05) is 6.07 Å². The monoisotopic (exact) mass is 418 g/mol. The molecule has 4 aliphatic rings. The third-order valence-electron chi connectivity index (χ3n) is 10.6. The Morgan fingerprint density at radius 3 is 2.17 bits per heavy atom. The largest absolute Gasteiger partial charge is 0.416 e. The zero-order chi connectivity index (χ0) is 21.0. The van der Waals surface area contributed by atoms with Gasteiger partial charge in [-0.2, -0.15) is 13.2 Å². The summed E-state index contributed by atoms with van der Waals surface area (Å²) < 4.78 is 40.0. The molecule has 0 heterocycles. The molecule has 0 radical (unpaired) electrons. The van der Waals surface area contributed by atoms with Gasteiger partial charge >= 0.3 is 6.18 Å². The maximum Gasteiger partial charge on any atom is 0.416 e. The molecular formula is C27H37F3. The molecule has 0 amide bonds. The van der Waals surface area contributed by atoms with Crippen molar-refractivity contribution in [3.05, 3.63) is 35.4 Å². The van der Waals surface area contributed by atoms with Crippen molar-refractivity contribution in [2.24, 2.45) is 28.1 Å². The Morgan fingerprint density at radius 2 is 1.53 bits per heavy atom. The number of alkyl halides is 3. The Morgan fingerprint density at radius 1 is 0.867 bits per heavy atom. The Labute approximate surface area is 180 Å². The van der Waals surface area contributed by atoms with Gasteiger partial charge in [-0.25, -0.2) is 0 Å². The molecule has 0 spiro atoms. The Kier molecular flexibility index (Phi) is 5.06. The van der Waals surface area contributed by atoms with Crippen molar-refractivity contribution < 1.29 is 13.2 Å². The van der Waals surface area contributed by atoms with E-state index in [4.69, 9.17) is 0 Å². The lowest BCUT2D eigenvalue weighted by Crippen LogP contribution is -2.43. The fourth-order valence-corrected chi connectivity index (χ4v) is 9.16. The van der Waals surface area contributed by atoms with Crippen LogP contribution in [0.3, 0.4) is 0 Å². The molecule has 4 saturated carbocycles. The van der Waals surface area contributed by atoms with E-state index in [0.29, 0.717) is 10.8 Å². The van der Waals surface area contributed by atoms with E-state index in [1.165, 1.54) is 95.6 Å². The standard InChI is InChI=1S/C27H37F3/c1-20-25(22-9-3-2-4-10-22)14-16-26(20,17-15-25)24(12-5-6-13-24)19-21-8-7-11-23(18-21)27(28,29)30/h7-8,11,18,20,22H,2-6,9-10,12-17,19H2,1H3. The van der Waals surface area contributed by atoms with E-state index < -0.39 is 11.7 Å². The maximum absolute atomic E-state index is 13.3. The molecule has 3 heteroatoms. The quantitative estimate of drug-likeness (QED) is 0.459. The van der Waals surface area contributed by atoms with Crippen LogP contribution in [-0.2, 0) is 12.6 Å². The van der Waals surface area contributed by atoms with Crippen LogP contribution in [0.5, 0.6) is 0 Å². The van der Waals surface area contributed by atoms with Crippen molar-refractivity contribution in [2.75, 3.05) is 0 Å².